The van der Waals surface area contributed by atoms with E-state index in [-0.39, 0.29) is 18.6 Å². The third-order valence-corrected chi connectivity index (χ3v) is 4.84. The van der Waals surface area contributed by atoms with Gasteiger partial charge in [0.2, 0.25) is 23.6 Å². The minimum absolute atomic E-state index is 0.0302. The van der Waals surface area contributed by atoms with Crippen molar-refractivity contribution < 1.29 is 29.1 Å². The van der Waals surface area contributed by atoms with Crippen LogP contribution in [0.25, 0.3) is 0 Å². The second kappa shape index (κ2) is 14.1. The Morgan fingerprint density at radius 1 is 1.00 bits per heavy atom. The number of aliphatic carboxylic acids is 1. The lowest BCUT2D eigenvalue weighted by Gasteiger charge is -2.22. The standard InChI is InChI=1S/C16H29N5O6S2/c1-8(13(23)20-10(16(26)27)3-4-12(18)22)19-15(25)11(7-28)21-14(24)9(17)5-6-29-2/h8-11,28H,3-7,17H2,1-2H3,(H2,18,22)(H,19,25)(H,20,23)(H,21,24)(H,26,27). The molecule has 29 heavy (non-hydrogen) atoms. The number of amides is 4. The first-order chi connectivity index (χ1) is 13.5. The quantitative estimate of drug-likeness (QED) is 0.145. The molecule has 166 valence electrons. The molecule has 4 amide bonds. The van der Waals surface area contributed by atoms with Gasteiger partial charge in [-0.1, -0.05) is 0 Å². The second-order valence-corrected chi connectivity index (χ2v) is 7.62. The Morgan fingerprint density at radius 2 is 1.59 bits per heavy atom. The number of hydrogen-bond donors (Lipinski definition) is 7. The van der Waals surface area contributed by atoms with Gasteiger partial charge in [-0.2, -0.15) is 24.4 Å². The van der Waals surface area contributed by atoms with E-state index in [2.05, 4.69) is 28.6 Å². The summed E-state index contributed by atoms with van der Waals surface area (Å²) < 4.78 is 0. The summed E-state index contributed by atoms with van der Waals surface area (Å²) >= 11 is 5.56. The van der Waals surface area contributed by atoms with E-state index in [1.807, 2.05) is 6.26 Å². The fraction of sp³-hybridized carbons (Fsp3) is 0.688. The fourth-order valence-electron chi connectivity index (χ4n) is 2.07. The Morgan fingerprint density at radius 3 is 2.07 bits per heavy atom. The SMILES string of the molecule is CSCCC(N)C(=O)NC(CS)C(=O)NC(C)C(=O)NC(CCC(N)=O)C(=O)O. The Bertz CT molecular complexity index is 606. The van der Waals surface area contributed by atoms with Gasteiger partial charge in [0, 0.05) is 12.2 Å². The lowest BCUT2D eigenvalue weighted by Crippen LogP contribution is -2.57. The normalized spacial score (nSPS) is 14.8. The zero-order valence-electron chi connectivity index (χ0n) is 16.3. The number of thioether (sulfide) groups is 1. The lowest BCUT2D eigenvalue weighted by molar-refractivity contribution is -0.142. The van der Waals surface area contributed by atoms with Gasteiger partial charge in [-0.05, 0) is 31.8 Å². The van der Waals surface area contributed by atoms with Gasteiger partial charge in [-0.25, -0.2) is 4.79 Å². The molecule has 0 saturated heterocycles. The minimum atomic E-state index is -1.34. The predicted octanol–water partition coefficient (Wildman–Crippen LogP) is -2.18. The van der Waals surface area contributed by atoms with Crippen molar-refractivity contribution in [3.8, 4) is 0 Å². The molecule has 0 heterocycles. The zero-order chi connectivity index (χ0) is 22.6. The van der Waals surface area contributed by atoms with E-state index in [0.29, 0.717) is 12.2 Å². The highest BCUT2D eigenvalue weighted by Gasteiger charge is 2.27. The zero-order valence-corrected chi connectivity index (χ0v) is 18.1. The first kappa shape index (κ1) is 27.0. The molecule has 0 saturated carbocycles. The van der Waals surface area contributed by atoms with E-state index >= 15 is 0 Å². The Kier molecular flexibility index (Phi) is 13.1. The molecule has 13 heteroatoms. The van der Waals surface area contributed by atoms with E-state index in [1.54, 1.807) is 0 Å². The second-order valence-electron chi connectivity index (χ2n) is 6.27. The van der Waals surface area contributed by atoms with E-state index in [1.165, 1.54) is 18.7 Å². The van der Waals surface area contributed by atoms with Gasteiger partial charge in [0.05, 0.1) is 6.04 Å². The third-order valence-electron chi connectivity index (χ3n) is 3.83. The highest BCUT2D eigenvalue weighted by Crippen LogP contribution is 2.01. The molecule has 8 N–H and O–H groups in total. The van der Waals surface area contributed by atoms with Crippen LogP contribution in [0, 0.1) is 0 Å². The molecule has 4 atom stereocenters. The molecule has 0 aliphatic heterocycles. The van der Waals surface area contributed by atoms with Crippen LogP contribution in [-0.2, 0) is 24.0 Å². The third kappa shape index (κ3) is 10.9. The molecule has 0 fully saturated rings. The molecule has 4 unspecified atom stereocenters. The summed E-state index contributed by atoms with van der Waals surface area (Å²) in [7, 11) is 0. The number of hydrogen-bond acceptors (Lipinski definition) is 8. The number of carboxylic acid groups (broad SMARTS) is 1. The summed E-state index contributed by atoms with van der Waals surface area (Å²) in [4.78, 5) is 58.5. The van der Waals surface area contributed by atoms with Crippen molar-refractivity contribution in [1.82, 2.24) is 16.0 Å². The average Bonchev–Trinajstić information content (AvgIpc) is 2.65. The van der Waals surface area contributed by atoms with Crippen LogP contribution in [0.5, 0.6) is 0 Å². The van der Waals surface area contributed by atoms with Crippen molar-refractivity contribution >= 4 is 54.0 Å². The summed E-state index contributed by atoms with van der Waals surface area (Å²) in [5.41, 5.74) is 10.7. The maximum absolute atomic E-state index is 12.3. The van der Waals surface area contributed by atoms with E-state index in [9.17, 15) is 24.0 Å². The minimum Gasteiger partial charge on any atom is -0.480 e. The van der Waals surface area contributed by atoms with Gasteiger partial charge in [0.15, 0.2) is 0 Å². The molecule has 0 aliphatic carbocycles. The molecule has 0 aliphatic rings. The van der Waals surface area contributed by atoms with Crippen molar-refractivity contribution in [3.63, 3.8) is 0 Å². The molecule has 11 nitrogen and oxygen atoms in total. The van der Waals surface area contributed by atoms with Crippen molar-refractivity contribution in [2.45, 2.75) is 50.4 Å². The van der Waals surface area contributed by atoms with Crippen LogP contribution < -0.4 is 27.4 Å². The number of carboxylic acids is 1. The summed E-state index contributed by atoms with van der Waals surface area (Å²) in [6.45, 7) is 1.35. The average molecular weight is 452 g/mol. The molecule has 0 spiro atoms. The molecular formula is C16H29N5O6S2. The molecule has 0 radical (unpaired) electrons. The molecular weight excluding hydrogens is 422 g/mol. The number of nitrogens with one attached hydrogen (secondary N) is 3. The maximum Gasteiger partial charge on any atom is 0.326 e. The van der Waals surface area contributed by atoms with Gasteiger partial charge in [0.1, 0.15) is 18.1 Å². The van der Waals surface area contributed by atoms with Crippen LogP contribution in [0.2, 0.25) is 0 Å². The largest absolute Gasteiger partial charge is 0.480 e. The fourth-order valence-corrected chi connectivity index (χ4v) is 2.82. The van der Waals surface area contributed by atoms with E-state index in [0.717, 1.165) is 0 Å². The van der Waals surface area contributed by atoms with Gasteiger partial charge < -0.3 is 32.5 Å². The first-order valence-electron chi connectivity index (χ1n) is 8.81. The molecule has 0 aromatic heterocycles. The van der Waals surface area contributed by atoms with Gasteiger partial charge in [0.25, 0.3) is 0 Å². The van der Waals surface area contributed by atoms with Crippen molar-refractivity contribution in [1.29, 1.82) is 0 Å². The van der Waals surface area contributed by atoms with Gasteiger partial charge in [-0.15, -0.1) is 0 Å². The van der Waals surface area contributed by atoms with Crippen LogP contribution in [0.4, 0.5) is 0 Å². The highest BCUT2D eigenvalue weighted by atomic mass is 32.2. The summed E-state index contributed by atoms with van der Waals surface area (Å²) in [5.74, 6) is -3.33. The van der Waals surface area contributed by atoms with Crippen molar-refractivity contribution in [2.24, 2.45) is 11.5 Å². The first-order valence-corrected chi connectivity index (χ1v) is 10.8. The van der Waals surface area contributed by atoms with Gasteiger partial charge in [-0.3, -0.25) is 19.2 Å². The Balaban J connectivity index is 4.76. The van der Waals surface area contributed by atoms with Crippen LogP contribution in [0.1, 0.15) is 26.2 Å². The summed E-state index contributed by atoms with van der Waals surface area (Å²) in [6, 6.07) is -4.22. The number of rotatable bonds is 14. The predicted molar refractivity (Wildman–Crippen MR) is 112 cm³/mol. The highest BCUT2D eigenvalue weighted by molar-refractivity contribution is 7.98. The van der Waals surface area contributed by atoms with E-state index < -0.39 is 53.8 Å². The number of carbonyl (C=O) groups is 5. The van der Waals surface area contributed by atoms with Crippen LogP contribution in [0.15, 0.2) is 0 Å². The Labute approximate surface area is 178 Å². The molecule has 0 aromatic rings. The Hall–Kier alpha value is -1.99. The molecule has 0 aromatic carbocycles. The van der Waals surface area contributed by atoms with Crippen molar-refractivity contribution in [2.75, 3.05) is 17.8 Å². The topological polar surface area (TPSA) is 194 Å². The van der Waals surface area contributed by atoms with E-state index in [4.69, 9.17) is 16.6 Å². The van der Waals surface area contributed by atoms with Crippen LogP contribution >= 0.6 is 24.4 Å². The number of nitrogens with two attached hydrogens (primary N) is 2. The summed E-state index contributed by atoms with van der Waals surface area (Å²) in [5, 5.41) is 16.2. The molecule has 0 rings (SSSR count). The number of thiol groups is 1. The molecule has 0 bridgehead atoms. The van der Waals surface area contributed by atoms with Crippen LogP contribution in [0.3, 0.4) is 0 Å². The van der Waals surface area contributed by atoms with Crippen molar-refractivity contribution in [3.05, 3.63) is 0 Å². The smallest absolute Gasteiger partial charge is 0.326 e. The lowest BCUT2D eigenvalue weighted by atomic mass is 10.1. The monoisotopic (exact) mass is 451 g/mol. The maximum atomic E-state index is 12.3. The number of primary amides is 1. The van der Waals surface area contributed by atoms with Gasteiger partial charge >= 0.3 is 5.97 Å². The summed E-state index contributed by atoms with van der Waals surface area (Å²) in [6.07, 6.45) is 1.92. The van der Waals surface area contributed by atoms with Crippen LogP contribution in [-0.4, -0.2) is 76.6 Å². The number of carbonyl (C=O) groups excluding carboxylic acids is 4.